The van der Waals surface area contributed by atoms with Crippen LogP contribution in [0.4, 0.5) is 19.0 Å². The Hall–Kier alpha value is -4.39. The van der Waals surface area contributed by atoms with Crippen molar-refractivity contribution in [3.05, 3.63) is 88.6 Å². The topological polar surface area (TPSA) is 86.6 Å². The number of halogens is 3. The van der Waals surface area contributed by atoms with Gasteiger partial charge in [-0.1, -0.05) is 30.2 Å². The second kappa shape index (κ2) is 10.5. The van der Waals surface area contributed by atoms with Crippen LogP contribution in [0.2, 0.25) is 0 Å². The number of piperazine rings is 1. The Bertz CT molecular complexity index is 1310. The predicted molar refractivity (Wildman–Crippen MR) is 125 cm³/mol. The maximum atomic E-state index is 13.3. The van der Waals surface area contributed by atoms with E-state index < -0.39 is 23.6 Å². The highest BCUT2D eigenvalue weighted by Gasteiger charge is 2.36. The SMILES string of the molecule is O=C(O)Cc1ccc(C#Cc2ccc(N3CCN(C(=O)c4ccccc4C(F)(F)F)CC3)nn2)cc1. The molecule has 4 rings (SSSR count). The molecule has 2 heterocycles. The molecule has 10 heteroatoms. The number of carboxylic acids is 1. The smallest absolute Gasteiger partial charge is 0.417 e. The van der Waals surface area contributed by atoms with Gasteiger partial charge in [0.2, 0.25) is 0 Å². The molecule has 0 radical (unpaired) electrons. The van der Waals surface area contributed by atoms with E-state index in [-0.39, 0.29) is 25.1 Å². The van der Waals surface area contributed by atoms with Crippen LogP contribution in [0.1, 0.15) is 32.7 Å². The Morgan fingerprint density at radius 2 is 1.58 bits per heavy atom. The third-order valence-electron chi connectivity index (χ3n) is 5.65. The number of aliphatic carboxylic acids is 1. The number of carbonyl (C=O) groups excluding carboxylic acids is 1. The van der Waals surface area contributed by atoms with E-state index in [9.17, 15) is 22.8 Å². The maximum Gasteiger partial charge on any atom is 0.417 e. The van der Waals surface area contributed by atoms with Crippen molar-refractivity contribution in [1.29, 1.82) is 0 Å². The number of alkyl halides is 3. The average Bonchev–Trinajstić information content (AvgIpc) is 2.87. The van der Waals surface area contributed by atoms with Gasteiger partial charge in [0.25, 0.3) is 5.91 Å². The largest absolute Gasteiger partial charge is 0.481 e. The Balaban J connectivity index is 1.36. The molecular formula is C26H21F3N4O3. The van der Waals surface area contributed by atoms with Gasteiger partial charge in [0.05, 0.1) is 17.5 Å². The van der Waals surface area contributed by atoms with E-state index in [1.54, 1.807) is 36.4 Å². The molecule has 184 valence electrons. The van der Waals surface area contributed by atoms with Crippen molar-refractivity contribution in [1.82, 2.24) is 15.1 Å². The molecule has 1 aliphatic heterocycles. The third-order valence-corrected chi connectivity index (χ3v) is 5.65. The Kier molecular flexibility index (Phi) is 7.20. The molecule has 0 aliphatic carbocycles. The highest BCUT2D eigenvalue weighted by molar-refractivity contribution is 5.96. The van der Waals surface area contributed by atoms with Crippen LogP contribution in [-0.2, 0) is 17.4 Å². The Labute approximate surface area is 205 Å². The van der Waals surface area contributed by atoms with Crippen LogP contribution in [0.25, 0.3) is 0 Å². The second-order valence-electron chi connectivity index (χ2n) is 8.12. The summed E-state index contributed by atoms with van der Waals surface area (Å²) in [5, 5.41) is 17.1. The fourth-order valence-corrected chi connectivity index (χ4v) is 3.80. The molecule has 1 N–H and O–H groups in total. The maximum absolute atomic E-state index is 13.3. The predicted octanol–water partition coefficient (Wildman–Crippen LogP) is 3.48. The van der Waals surface area contributed by atoms with Gasteiger partial charge in [-0.2, -0.15) is 13.2 Å². The van der Waals surface area contributed by atoms with Crippen LogP contribution >= 0.6 is 0 Å². The summed E-state index contributed by atoms with van der Waals surface area (Å²) in [5.41, 5.74) is 0.561. The van der Waals surface area contributed by atoms with Gasteiger partial charge in [-0.3, -0.25) is 9.59 Å². The van der Waals surface area contributed by atoms with Gasteiger partial charge >= 0.3 is 12.1 Å². The molecule has 1 amide bonds. The first-order valence-electron chi connectivity index (χ1n) is 11.1. The van der Waals surface area contributed by atoms with Crippen molar-refractivity contribution in [2.75, 3.05) is 31.1 Å². The van der Waals surface area contributed by atoms with Crippen molar-refractivity contribution in [3.63, 3.8) is 0 Å². The lowest BCUT2D eigenvalue weighted by Crippen LogP contribution is -2.49. The fourth-order valence-electron chi connectivity index (χ4n) is 3.80. The number of carboxylic acid groups (broad SMARTS) is 1. The second-order valence-corrected chi connectivity index (χ2v) is 8.12. The normalized spacial score (nSPS) is 13.6. The molecule has 0 saturated carbocycles. The summed E-state index contributed by atoms with van der Waals surface area (Å²) in [4.78, 5) is 26.8. The first kappa shape index (κ1) is 24.7. The van der Waals surface area contributed by atoms with Gasteiger partial charge in [-0.05, 0) is 47.9 Å². The molecule has 2 aromatic carbocycles. The van der Waals surface area contributed by atoms with Crippen LogP contribution < -0.4 is 4.90 Å². The molecule has 0 bridgehead atoms. The van der Waals surface area contributed by atoms with E-state index in [0.29, 0.717) is 35.7 Å². The van der Waals surface area contributed by atoms with Gasteiger partial charge in [-0.25, -0.2) is 0 Å². The number of nitrogens with zero attached hydrogens (tertiary/aromatic N) is 4. The van der Waals surface area contributed by atoms with E-state index in [4.69, 9.17) is 5.11 Å². The number of aromatic nitrogens is 2. The van der Waals surface area contributed by atoms with E-state index in [2.05, 4.69) is 22.0 Å². The molecule has 0 spiro atoms. The summed E-state index contributed by atoms with van der Waals surface area (Å²) in [6, 6.07) is 15.2. The summed E-state index contributed by atoms with van der Waals surface area (Å²) < 4.78 is 39.8. The number of hydrogen-bond donors (Lipinski definition) is 1. The molecule has 1 aromatic heterocycles. The lowest BCUT2D eigenvalue weighted by atomic mass is 10.1. The minimum Gasteiger partial charge on any atom is -0.481 e. The summed E-state index contributed by atoms with van der Waals surface area (Å²) in [6.45, 7) is 1.32. The first-order chi connectivity index (χ1) is 17.2. The van der Waals surface area contributed by atoms with Crippen LogP contribution in [0.5, 0.6) is 0 Å². The van der Waals surface area contributed by atoms with Crippen LogP contribution in [0, 0.1) is 11.8 Å². The van der Waals surface area contributed by atoms with Crippen molar-refractivity contribution in [3.8, 4) is 11.8 Å². The highest BCUT2D eigenvalue weighted by Crippen LogP contribution is 2.32. The fraction of sp³-hybridized carbons (Fsp3) is 0.231. The standard InChI is InChI=1S/C26H21F3N4O3/c27-26(28,29)22-4-2-1-3-21(22)25(36)33-15-13-32(14-16-33)23-12-11-20(30-31-23)10-9-18-5-7-19(8-6-18)17-24(34)35/h1-8,11-12H,13-17H2,(H,34,35). The van der Waals surface area contributed by atoms with E-state index in [0.717, 1.165) is 6.07 Å². The molecule has 1 aliphatic rings. The summed E-state index contributed by atoms with van der Waals surface area (Å²) in [5.74, 6) is 4.90. The number of anilines is 1. The molecule has 1 fully saturated rings. The first-order valence-corrected chi connectivity index (χ1v) is 11.1. The van der Waals surface area contributed by atoms with E-state index >= 15 is 0 Å². The van der Waals surface area contributed by atoms with Gasteiger partial charge in [0, 0.05) is 31.7 Å². The zero-order valence-corrected chi connectivity index (χ0v) is 19.0. The van der Waals surface area contributed by atoms with Crippen molar-refractivity contribution in [2.24, 2.45) is 0 Å². The minimum absolute atomic E-state index is 0.0517. The van der Waals surface area contributed by atoms with Crippen LogP contribution in [0.3, 0.4) is 0 Å². The monoisotopic (exact) mass is 494 g/mol. The molecule has 0 atom stereocenters. The van der Waals surface area contributed by atoms with Gasteiger partial charge in [0.15, 0.2) is 5.82 Å². The Morgan fingerprint density at radius 1 is 0.889 bits per heavy atom. The summed E-state index contributed by atoms with van der Waals surface area (Å²) in [6.07, 6.45) is -4.65. The minimum atomic E-state index is -4.60. The highest BCUT2D eigenvalue weighted by atomic mass is 19.4. The van der Waals surface area contributed by atoms with E-state index in [1.807, 2.05) is 4.90 Å². The average molecular weight is 494 g/mol. The number of rotatable bonds is 4. The molecular weight excluding hydrogens is 473 g/mol. The molecule has 1 saturated heterocycles. The van der Waals surface area contributed by atoms with Gasteiger partial charge < -0.3 is 14.9 Å². The Morgan fingerprint density at radius 3 is 2.19 bits per heavy atom. The summed E-state index contributed by atoms with van der Waals surface area (Å²) in [7, 11) is 0. The zero-order valence-electron chi connectivity index (χ0n) is 19.0. The van der Waals surface area contributed by atoms with Gasteiger partial charge in [-0.15, -0.1) is 10.2 Å². The van der Waals surface area contributed by atoms with Crippen molar-refractivity contribution >= 4 is 17.7 Å². The molecule has 7 nitrogen and oxygen atoms in total. The quantitative estimate of drug-likeness (QED) is 0.559. The lowest BCUT2D eigenvalue weighted by molar-refractivity contribution is -0.138. The third kappa shape index (κ3) is 5.99. The zero-order chi connectivity index (χ0) is 25.7. The van der Waals surface area contributed by atoms with Crippen LogP contribution in [0.15, 0.2) is 60.7 Å². The van der Waals surface area contributed by atoms with Crippen LogP contribution in [-0.4, -0.2) is 58.3 Å². The molecule has 0 unspecified atom stereocenters. The van der Waals surface area contributed by atoms with E-state index in [1.165, 1.54) is 23.1 Å². The lowest BCUT2D eigenvalue weighted by Gasteiger charge is -2.35. The van der Waals surface area contributed by atoms with Crippen molar-refractivity contribution < 1.29 is 27.9 Å². The number of carbonyl (C=O) groups is 2. The van der Waals surface area contributed by atoms with Crippen molar-refractivity contribution in [2.45, 2.75) is 12.6 Å². The van der Waals surface area contributed by atoms with Gasteiger partial charge in [0.1, 0.15) is 5.69 Å². The molecule has 36 heavy (non-hydrogen) atoms. The molecule has 3 aromatic rings. The summed E-state index contributed by atoms with van der Waals surface area (Å²) >= 11 is 0. The number of benzene rings is 2. The number of hydrogen-bond acceptors (Lipinski definition) is 5. The number of amides is 1.